The summed E-state index contributed by atoms with van der Waals surface area (Å²) in [5.74, 6) is -0.638. The largest absolute Gasteiger partial charge is 0.368 e. The third kappa shape index (κ3) is 3.82. The first kappa shape index (κ1) is 16.7. The molecule has 0 atom stereocenters. The highest BCUT2D eigenvalue weighted by molar-refractivity contribution is 6.00. The Morgan fingerprint density at radius 2 is 1.71 bits per heavy atom. The average molecular weight is 326 g/mol. The van der Waals surface area contributed by atoms with E-state index in [0.717, 1.165) is 44.8 Å². The number of benzene rings is 2. The number of hydrogen-bond donors (Lipinski definition) is 0. The van der Waals surface area contributed by atoms with E-state index < -0.39 is 5.82 Å². The summed E-state index contributed by atoms with van der Waals surface area (Å²) in [5.41, 5.74) is 2.30. The van der Waals surface area contributed by atoms with E-state index in [-0.39, 0.29) is 11.3 Å². The van der Waals surface area contributed by atoms with Gasteiger partial charge in [-0.25, -0.2) is 4.39 Å². The molecular formula is C20H23FN2O. The highest BCUT2D eigenvalue weighted by atomic mass is 19.1. The Kier molecular flexibility index (Phi) is 5.26. The minimum atomic E-state index is -0.425. The Hall–Kier alpha value is -2.20. The number of carbonyl (C=O) groups is 1. The Labute approximate surface area is 142 Å². The molecule has 2 aromatic rings. The molecular weight excluding hydrogens is 303 g/mol. The van der Waals surface area contributed by atoms with Gasteiger partial charge in [0.25, 0.3) is 0 Å². The number of piperazine rings is 1. The molecule has 1 fully saturated rings. The summed E-state index contributed by atoms with van der Waals surface area (Å²) in [6.07, 6.45) is 1.04. The van der Waals surface area contributed by atoms with Crippen LogP contribution in [-0.2, 0) is 6.42 Å². The second-order valence-corrected chi connectivity index (χ2v) is 6.25. The van der Waals surface area contributed by atoms with Gasteiger partial charge in [-0.2, -0.15) is 0 Å². The molecule has 2 aromatic carbocycles. The second kappa shape index (κ2) is 7.58. The van der Waals surface area contributed by atoms with Gasteiger partial charge in [-0.1, -0.05) is 36.4 Å². The van der Waals surface area contributed by atoms with Crippen molar-refractivity contribution in [3.05, 3.63) is 65.5 Å². The Morgan fingerprint density at radius 3 is 2.38 bits per heavy atom. The quantitative estimate of drug-likeness (QED) is 0.787. The molecule has 1 heterocycles. The fourth-order valence-corrected chi connectivity index (χ4v) is 3.27. The maximum atomic E-state index is 14.0. The van der Waals surface area contributed by atoms with Crippen LogP contribution in [0.5, 0.6) is 0 Å². The zero-order valence-corrected chi connectivity index (χ0v) is 14.0. The van der Waals surface area contributed by atoms with E-state index in [0.29, 0.717) is 0 Å². The van der Waals surface area contributed by atoms with Gasteiger partial charge in [0.1, 0.15) is 5.82 Å². The minimum absolute atomic E-state index is 0.213. The van der Waals surface area contributed by atoms with Crippen molar-refractivity contribution in [3.8, 4) is 0 Å². The number of nitrogens with zero attached hydrogens (tertiary/aromatic N) is 2. The first-order valence-electron chi connectivity index (χ1n) is 8.46. The first-order valence-corrected chi connectivity index (χ1v) is 8.46. The SMILES string of the molecule is CC(=O)c1c(F)cccc1N1CCN(CCc2ccccc2)CC1. The van der Waals surface area contributed by atoms with Crippen molar-refractivity contribution in [2.75, 3.05) is 37.6 Å². The summed E-state index contributed by atoms with van der Waals surface area (Å²) in [6.45, 7) is 5.96. The summed E-state index contributed by atoms with van der Waals surface area (Å²) < 4.78 is 14.0. The summed E-state index contributed by atoms with van der Waals surface area (Å²) in [4.78, 5) is 16.3. The maximum absolute atomic E-state index is 14.0. The molecule has 3 rings (SSSR count). The zero-order valence-electron chi connectivity index (χ0n) is 14.0. The number of hydrogen-bond acceptors (Lipinski definition) is 3. The van der Waals surface area contributed by atoms with Gasteiger partial charge in [-0.05, 0) is 31.0 Å². The number of anilines is 1. The van der Waals surface area contributed by atoms with Crippen LogP contribution < -0.4 is 4.90 Å². The van der Waals surface area contributed by atoms with Gasteiger partial charge in [0.05, 0.1) is 11.3 Å². The Balaban J connectivity index is 1.59. The topological polar surface area (TPSA) is 23.6 Å². The summed E-state index contributed by atoms with van der Waals surface area (Å²) in [7, 11) is 0. The van der Waals surface area contributed by atoms with Crippen LogP contribution in [0.4, 0.5) is 10.1 Å². The molecule has 0 aromatic heterocycles. The predicted molar refractivity (Wildman–Crippen MR) is 95.2 cm³/mol. The second-order valence-electron chi connectivity index (χ2n) is 6.25. The van der Waals surface area contributed by atoms with Gasteiger partial charge in [0.2, 0.25) is 0 Å². The molecule has 126 valence electrons. The van der Waals surface area contributed by atoms with Gasteiger partial charge >= 0.3 is 0 Å². The van der Waals surface area contributed by atoms with Crippen LogP contribution in [0, 0.1) is 5.82 Å². The molecule has 0 aliphatic carbocycles. The smallest absolute Gasteiger partial charge is 0.164 e. The van der Waals surface area contributed by atoms with Gasteiger partial charge in [-0.15, -0.1) is 0 Å². The normalized spacial score (nSPS) is 15.5. The van der Waals surface area contributed by atoms with Crippen LogP contribution in [0.2, 0.25) is 0 Å². The van der Waals surface area contributed by atoms with Crippen LogP contribution >= 0.6 is 0 Å². The molecule has 0 saturated carbocycles. The number of ketones is 1. The zero-order chi connectivity index (χ0) is 16.9. The van der Waals surface area contributed by atoms with Crippen LogP contribution in [-0.4, -0.2) is 43.4 Å². The van der Waals surface area contributed by atoms with Crippen molar-refractivity contribution in [2.45, 2.75) is 13.3 Å². The molecule has 4 heteroatoms. The van der Waals surface area contributed by atoms with Crippen LogP contribution in [0.25, 0.3) is 0 Å². The highest BCUT2D eigenvalue weighted by Crippen LogP contribution is 2.25. The monoisotopic (exact) mass is 326 g/mol. The van der Waals surface area contributed by atoms with Gasteiger partial charge in [0.15, 0.2) is 5.78 Å². The average Bonchev–Trinajstić information content (AvgIpc) is 2.61. The highest BCUT2D eigenvalue weighted by Gasteiger charge is 2.22. The van der Waals surface area contributed by atoms with Crippen molar-refractivity contribution in [1.82, 2.24) is 4.90 Å². The fourth-order valence-electron chi connectivity index (χ4n) is 3.27. The molecule has 0 spiro atoms. The molecule has 3 nitrogen and oxygen atoms in total. The molecule has 0 radical (unpaired) electrons. The lowest BCUT2D eigenvalue weighted by Crippen LogP contribution is -2.47. The fraction of sp³-hybridized carbons (Fsp3) is 0.350. The maximum Gasteiger partial charge on any atom is 0.164 e. The summed E-state index contributed by atoms with van der Waals surface area (Å²) in [6, 6.07) is 15.4. The van der Waals surface area contributed by atoms with Gasteiger partial charge in [-0.3, -0.25) is 9.69 Å². The Morgan fingerprint density at radius 1 is 1.00 bits per heavy atom. The number of rotatable bonds is 5. The van der Waals surface area contributed by atoms with Gasteiger partial charge < -0.3 is 4.90 Å². The van der Waals surface area contributed by atoms with E-state index in [1.54, 1.807) is 6.07 Å². The van der Waals surface area contributed by atoms with Crippen molar-refractivity contribution < 1.29 is 9.18 Å². The van der Waals surface area contributed by atoms with Crippen molar-refractivity contribution >= 4 is 11.5 Å². The lowest BCUT2D eigenvalue weighted by atomic mass is 10.1. The first-order chi connectivity index (χ1) is 11.6. The predicted octanol–water partition coefficient (Wildman–Crippen LogP) is 3.39. The van der Waals surface area contributed by atoms with E-state index in [2.05, 4.69) is 34.1 Å². The molecule has 0 amide bonds. The number of carbonyl (C=O) groups excluding carboxylic acids is 1. The lowest BCUT2D eigenvalue weighted by Gasteiger charge is -2.36. The molecule has 24 heavy (non-hydrogen) atoms. The third-order valence-corrected chi connectivity index (χ3v) is 4.62. The molecule has 0 bridgehead atoms. The summed E-state index contributed by atoms with van der Waals surface area (Å²) in [5, 5.41) is 0. The molecule has 1 aliphatic heterocycles. The van der Waals surface area contributed by atoms with E-state index in [1.165, 1.54) is 18.6 Å². The third-order valence-electron chi connectivity index (χ3n) is 4.62. The van der Waals surface area contributed by atoms with Crippen LogP contribution in [0.1, 0.15) is 22.8 Å². The molecule has 1 saturated heterocycles. The molecule has 0 N–H and O–H groups in total. The van der Waals surface area contributed by atoms with Crippen molar-refractivity contribution in [1.29, 1.82) is 0 Å². The van der Waals surface area contributed by atoms with E-state index in [9.17, 15) is 9.18 Å². The summed E-state index contributed by atoms with van der Waals surface area (Å²) >= 11 is 0. The minimum Gasteiger partial charge on any atom is -0.368 e. The number of Topliss-reactive ketones (excluding diaryl/α,β-unsaturated/α-hetero) is 1. The van der Waals surface area contributed by atoms with Crippen molar-refractivity contribution in [3.63, 3.8) is 0 Å². The lowest BCUT2D eigenvalue weighted by molar-refractivity contribution is 0.101. The van der Waals surface area contributed by atoms with E-state index in [4.69, 9.17) is 0 Å². The van der Waals surface area contributed by atoms with E-state index in [1.807, 2.05) is 12.1 Å². The Bertz CT molecular complexity index is 694. The standard InChI is InChI=1S/C20H23FN2O/c1-16(24)20-18(21)8-5-9-19(20)23-14-12-22(13-15-23)11-10-17-6-3-2-4-7-17/h2-9H,10-15H2,1H3. The van der Waals surface area contributed by atoms with Crippen molar-refractivity contribution in [2.24, 2.45) is 0 Å². The van der Waals surface area contributed by atoms with Gasteiger partial charge in [0, 0.05) is 32.7 Å². The molecule has 0 unspecified atom stereocenters. The molecule has 1 aliphatic rings. The van der Waals surface area contributed by atoms with E-state index >= 15 is 0 Å². The van der Waals surface area contributed by atoms with Crippen LogP contribution in [0.15, 0.2) is 48.5 Å². The number of halogens is 1. The van der Waals surface area contributed by atoms with Crippen LogP contribution in [0.3, 0.4) is 0 Å².